The van der Waals surface area contributed by atoms with E-state index in [1.807, 2.05) is 0 Å². The number of sulfonamides is 1. The minimum absolute atomic E-state index is 0.0927. The molecule has 37 heavy (non-hydrogen) atoms. The summed E-state index contributed by atoms with van der Waals surface area (Å²) in [6.45, 7) is 6.62. The van der Waals surface area contributed by atoms with Crippen LogP contribution in [0.4, 0.5) is 18.9 Å². The van der Waals surface area contributed by atoms with Crippen LogP contribution in [0.3, 0.4) is 0 Å². The molecule has 0 unspecified atom stereocenters. The van der Waals surface area contributed by atoms with E-state index in [0.29, 0.717) is 22.4 Å². The van der Waals surface area contributed by atoms with Gasteiger partial charge in [0.15, 0.2) is 0 Å². The van der Waals surface area contributed by atoms with Crippen molar-refractivity contribution in [3.8, 4) is 5.75 Å². The lowest BCUT2D eigenvalue weighted by molar-refractivity contribution is -0.137. The van der Waals surface area contributed by atoms with Gasteiger partial charge in [0.25, 0.3) is 10.0 Å². The Balaban J connectivity index is 2.01. The fourth-order valence-corrected chi connectivity index (χ4v) is 5.83. The number of thiazole rings is 1. The second-order valence-electron chi connectivity index (χ2n) is 8.11. The molecule has 0 spiro atoms. The van der Waals surface area contributed by atoms with Crippen LogP contribution in [0.1, 0.15) is 29.3 Å². The van der Waals surface area contributed by atoms with Gasteiger partial charge in [-0.1, -0.05) is 36.4 Å². The molecule has 3 rings (SSSR count). The molecule has 0 atom stereocenters. The molecule has 0 bridgehead atoms. The Morgan fingerprint density at radius 2 is 1.89 bits per heavy atom. The number of aryl methyl sites for hydroxylation is 1. The van der Waals surface area contributed by atoms with Gasteiger partial charge in [0.05, 0.1) is 17.8 Å². The molecule has 12 heteroatoms. The second-order valence-corrected chi connectivity index (χ2v) is 11.0. The molecule has 0 aliphatic heterocycles. The van der Waals surface area contributed by atoms with E-state index in [1.54, 1.807) is 43.5 Å². The first kappa shape index (κ1) is 27.9. The van der Waals surface area contributed by atoms with Gasteiger partial charge in [-0.25, -0.2) is 9.78 Å². The molecule has 0 amide bonds. The zero-order valence-corrected chi connectivity index (χ0v) is 21.5. The van der Waals surface area contributed by atoms with Gasteiger partial charge in [0.2, 0.25) is 4.34 Å². The summed E-state index contributed by atoms with van der Waals surface area (Å²) in [7, 11) is -4.24. The number of alkyl halides is 3. The van der Waals surface area contributed by atoms with Gasteiger partial charge in [0, 0.05) is 17.2 Å². The highest BCUT2D eigenvalue weighted by Crippen LogP contribution is 2.39. The van der Waals surface area contributed by atoms with Crippen LogP contribution >= 0.6 is 11.3 Å². The first-order valence-corrected chi connectivity index (χ1v) is 13.0. The summed E-state index contributed by atoms with van der Waals surface area (Å²) in [6.07, 6.45) is -2.32. The van der Waals surface area contributed by atoms with Crippen LogP contribution in [-0.4, -0.2) is 31.0 Å². The van der Waals surface area contributed by atoms with Crippen molar-refractivity contribution in [2.45, 2.75) is 31.0 Å². The largest absolute Gasteiger partial charge is 0.487 e. The van der Waals surface area contributed by atoms with Crippen molar-refractivity contribution in [1.29, 1.82) is 0 Å². The zero-order valence-electron chi connectivity index (χ0n) is 19.8. The Morgan fingerprint density at radius 3 is 2.43 bits per heavy atom. The van der Waals surface area contributed by atoms with Crippen molar-refractivity contribution in [2.75, 3.05) is 10.8 Å². The summed E-state index contributed by atoms with van der Waals surface area (Å²) >= 11 is 0.904. The van der Waals surface area contributed by atoms with E-state index in [4.69, 9.17) is 9.84 Å². The van der Waals surface area contributed by atoms with Gasteiger partial charge in [-0.3, -0.25) is 4.31 Å². The van der Waals surface area contributed by atoms with Crippen LogP contribution < -0.4 is 9.04 Å². The third kappa shape index (κ3) is 7.20. The Labute approximate surface area is 216 Å². The van der Waals surface area contributed by atoms with Crippen molar-refractivity contribution >= 4 is 39.1 Å². The average molecular weight is 553 g/mol. The molecule has 0 fully saturated rings. The molecule has 0 saturated carbocycles. The third-order valence-corrected chi connectivity index (χ3v) is 7.98. The maximum atomic E-state index is 13.5. The van der Waals surface area contributed by atoms with E-state index in [0.717, 1.165) is 39.9 Å². The summed E-state index contributed by atoms with van der Waals surface area (Å²) < 4.78 is 73.8. The summed E-state index contributed by atoms with van der Waals surface area (Å²) in [5.41, 5.74) is 1.02. The van der Waals surface area contributed by atoms with Crippen LogP contribution in [0, 0.1) is 6.92 Å². The topological polar surface area (TPSA) is 96.8 Å². The predicted molar refractivity (Wildman–Crippen MR) is 135 cm³/mol. The third-order valence-electron chi connectivity index (χ3n) is 4.87. The molecule has 0 aliphatic carbocycles. The number of aromatic nitrogens is 1. The fourth-order valence-electron chi connectivity index (χ4n) is 3.16. The minimum Gasteiger partial charge on any atom is -0.487 e. The van der Waals surface area contributed by atoms with Crippen molar-refractivity contribution in [3.05, 3.63) is 88.5 Å². The quantitative estimate of drug-likeness (QED) is 0.248. The standard InChI is InChI=1S/C25H23F3N2O5S2/c1-16(2)13-30(37(33,34)24-29-17(3)15-36-24)21-10-9-20(25(26,27)28)12-22(21)35-14-19-6-4-18(5-7-19)8-11-23(31)32/h4-12,15H,1,13-14H2,2-3H3,(H,31,32). The molecule has 196 valence electrons. The second kappa shape index (κ2) is 11.2. The van der Waals surface area contributed by atoms with Crippen LogP contribution in [0.15, 0.2) is 70.4 Å². The number of halogens is 3. The monoisotopic (exact) mass is 552 g/mol. The number of benzene rings is 2. The van der Waals surface area contributed by atoms with E-state index >= 15 is 0 Å². The van der Waals surface area contributed by atoms with Gasteiger partial charge < -0.3 is 9.84 Å². The van der Waals surface area contributed by atoms with Crippen LogP contribution in [0.5, 0.6) is 5.75 Å². The Kier molecular flexibility index (Phi) is 8.44. The first-order valence-electron chi connectivity index (χ1n) is 10.7. The van der Waals surface area contributed by atoms with Gasteiger partial charge >= 0.3 is 12.1 Å². The summed E-state index contributed by atoms with van der Waals surface area (Å²) in [4.78, 5) is 14.7. The summed E-state index contributed by atoms with van der Waals surface area (Å²) in [5.74, 6) is -1.39. The van der Waals surface area contributed by atoms with E-state index in [1.165, 1.54) is 6.08 Å². The summed E-state index contributed by atoms with van der Waals surface area (Å²) in [6, 6.07) is 9.08. The molecule has 0 radical (unpaired) electrons. The highest BCUT2D eigenvalue weighted by molar-refractivity contribution is 7.94. The fraction of sp³-hybridized carbons (Fsp3) is 0.200. The number of carboxylic acid groups (broad SMARTS) is 1. The number of aliphatic carboxylic acids is 1. The molecular weight excluding hydrogens is 529 g/mol. The number of carbonyl (C=O) groups is 1. The lowest BCUT2D eigenvalue weighted by Crippen LogP contribution is -2.33. The zero-order chi connectivity index (χ0) is 27.4. The lowest BCUT2D eigenvalue weighted by atomic mass is 10.1. The van der Waals surface area contributed by atoms with Gasteiger partial charge in [-0.2, -0.15) is 21.6 Å². The molecule has 2 aromatic carbocycles. The maximum Gasteiger partial charge on any atom is 0.416 e. The normalized spacial score (nSPS) is 12.0. The number of rotatable bonds is 10. The molecule has 1 heterocycles. The number of hydrogen-bond acceptors (Lipinski definition) is 6. The van der Waals surface area contributed by atoms with Crippen molar-refractivity contribution in [3.63, 3.8) is 0 Å². The molecule has 1 N–H and O–H groups in total. The number of nitrogens with zero attached hydrogens (tertiary/aromatic N) is 2. The number of carboxylic acids is 1. The minimum atomic E-state index is -4.68. The van der Waals surface area contributed by atoms with Crippen LogP contribution in [0.2, 0.25) is 0 Å². The van der Waals surface area contributed by atoms with Gasteiger partial charge in [0.1, 0.15) is 12.4 Å². The number of ether oxygens (including phenoxy) is 1. The molecule has 3 aromatic rings. The molecular formula is C25H23F3N2O5S2. The highest BCUT2D eigenvalue weighted by Gasteiger charge is 2.34. The van der Waals surface area contributed by atoms with Gasteiger partial charge in [-0.05, 0) is 49.2 Å². The first-order chi connectivity index (χ1) is 17.3. The average Bonchev–Trinajstić information content (AvgIpc) is 3.27. The Morgan fingerprint density at radius 1 is 1.22 bits per heavy atom. The van der Waals surface area contributed by atoms with Crippen LogP contribution in [0.25, 0.3) is 6.08 Å². The predicted octanol–water partition coefficient (Wildman–Crippen LogP) is 5.92. The van der Waals surface area contributed by atoms with Crippen LogP contribution in [-0.2, 0) is 27.6 Å². The van der Waals surface area contributed by atoms with Gasteiger partial charge in [-0.15, -0.1) is 11.3 Å². The molecule has 1 aromatic heterocycles. The number of hydrogen-bond donors (Lipinski definition) is 1. The van der Waals surface area contributed by atoms with E-state index in [2.05, 4.69) is 11.6 Å². The Bertz CT molecular complexity index is 1430. The smallest absolute Gasteiger partial charge is 0.416 e. The molecule has 0 aliphatic rings. The van der Waals surface area contributed by atoms with E-state index in [-0.39, 0.29) is 28.9 Å². The van der Waals surface area contributed by atoms with E-state index in [9.17, 15) is 26.4 Å². The maximum absolute atomic E-state index is 13.5. The van der Waals surface area contributed by atoms with Crippen molar-refractivity contribution in [1.82, 2.24) is 4.98 Å². The Hall–Kier alpha value is -3.64. The summed E-state index contributed by atoms with van der Waals surface area (Å²) in [5, 5.41) is 10.3. The highest BCUT2D eigenvalue weighted by atomic mass is 32.2. The molecule has 7 nitrogen and oxygen atoms in total. The number of anilines is 1. The van der Waals surface area contributed by atoms with Crippen molar-refractivity contribution < 1.29 is 36.2 Å². The van der Waals surface area contributed by atoms with Crippen molar-refractivity contribution in [2.24, 2.45) is 0 Å². The SMILES string of the molecule is C=C(C)CN(c1ccc(C(F)(F)F)cc1OCc1ccc(C=CC(=O)O)cc1)S(=O)(=O)c1nc(C)cs1. The van der Waals surface area contributed by atoms with E-state index < -0.39 is 27.7 Å². The lowest BCUT2D eigenvalue weighted by Gasteiger charge is -2.26. The molecule has 0 saturated heterocycles.